The number of halogens is 1. The number of carbonyl (C=O) groups is 1. The average molecular weight is 417 g/mol. The number of carbonyl (C=O) groups excluding carboxylic acids is 1. The van der Waals surface area contributed by atoms with E-state index in [1.807, 2.05) is 36.4 Å². The average Bonchev–Trinajstić information content (AvgIpc) is 3.12. The number of hydrogen-bond acceptors (Lipinski definition) is 3. The summed E-state index contributed by atoms with van der Waals surface area (Å²) < 4.78 is 23.9. The summed E-state index contributed by atoms with van der Waals surface area (Å²) in [6.07, 6.45) is 3.97. The number of nitrogens with one attached hydrogen (secondary N) is 1. The topological polar surface area (TPSA) is 47.6 Å². The Bertz CT molecular complexity index is 1060. The molecule has 0 aromatic heterocycles. The van der Waals surface area contributed by atoms with Crippen molar-refractivity contribution in [3.63, 3.8) is 0 Å². The smallest absolute Gasteiger partial charge is 0.407 e. The number of rotatable bonds is 7. The Labute approximate surface area is 181 Å². The van der Waals surface area contributed by atoms with Gasteiger partial charge in [-0.05, 0) is 46.4 Å². The van der Waals surface area contributed by atoms with E-state index in [0.717, 1.165) is 5.56 Å². The predicted molar refractivity (Wildman–Crippen MR) is 120 cm³/mol. The molecule has 0 aliphatic heterocycles. The van der Waals surface area contributed by atoms with Gasteiger partial charge in [0.2, 0.25) is 0 Å². The lowest BCUT2D eigenvalue weighted by molar-refractivity contribution is 0.143. The first kappa shape index (κ1) is 20.7. The summed E-state index contributed by atoms with van der Waals surface area (Å²) >= 11 is 0. The van der Waals surface area contributed by atoms with Crippen molar-refractivity contribution in [2.24, 2.45) is 0 Å². The van der Waals surface area contributed by atoms with Crippen LogP contribution in [0.4, 0.5) is 9.18 Å². The lowest BCUT2D eigenvalue weighted by atomic mass is 9.98. The van der Waals surface area contributed by atoms with Crippen LogP contribution in [-0.2, 0) is 4.74 Å². The highest BCUT2D eigenvalue weighted by atomic mass is 19.1. The van der Waals surface area contributed by atoms with Gasteiger partial charge >= 0.3 is 6.09 Å². The van der Waals surface area contributed by atoms with Crippen LogP contribution in [0.2, 0.25) is 0 Å². The number of fused-ring (bicyclic) bond motifs is 3. The van der Waals surface area contributed by atoms with E-state index in [2.05, 4.69) is 29.6 Å². The molecule has 0 atom stereocenters. The summed E-state index contributed by atoms with van der Waals surface area (Å²) in [6, 6.07) is 21.2. The second-order valence-corrected chi connectivity index (χ2v) is 7.34. The van der Waals surface area contributed by atoms with E-state index >= 15 is 0 Å². The fourth-order valence-electron chi connectivity index (χ4n) is 3.91. The van der Waals surface area contributed by atoms with Crippen molar-refractivity contribution >= 4 is 12.2 Å². The van der Waals surface area contributed by atoms with Gasteiger partial charge < -0.3 is 14.8 Å². The van der Waals surface area contributed by atoms with Crippen LogP contribution in [-0.4, -0.2) is 26.4 Å². The zero-order chi connectivity index (χ0) is 21.6. The molecule has 0 heterocycles. The largest absolute Gasteiger partial charge is 0.494 e. The molecule has 1 aliphatic rings. The van der Waals surface area contributed by atoms with Crippen LogP contribution >= 0.6 is 0 Å². The summed E-state index contributed by atoms with van der Waals surface area (Å²) in [6.45, 7) is 0.747. The Morgan fingerprint density at radius 1 is 1.03 bits per heavy atom. The van der Waals surface area contributed by atoms with E-state index in [9.17, 15) is 9.18 Å². The number of alkyl carbamates (subject to hydrolysis) is 1. The van der Waals surface area contributed by atoms with Gasteiger partial charge in [0.1, 0.15) is 6.61 Å². The van der Waals surface area contributed by atoms with Crippen molar-refractivity contribution in [2.45, 2.75) is 12.3 Å². The van der Waals surface area contributed by atoms with Crippen LogP contribution in [0.1, 0.15) is 29.0 Å². The fraction of sp³-hybridized carbons (Fsp3) is 0.192. The SMILES string of the molecule is COc1cc(C=CCCNC(=O)OCC2c3ccccc3-c3ccccc32)ccc1F. The van der Waals surface area contributed by atoms with Gasteiger partial charge in [-0.15, -0.1) is 0 Å². The van der Waals surface area contributed by atoms with Gasteiger partial charge in [-0.3, -0.25) is 0 Å². The molecule has 31 heavy (non-hydrogen) atoms. The molecule has 4 rings (SSSR count). The first-order valence-corrected chi connectivity index (χ1v) is 10.3. The van der Waals surface area contributed by atoms with Crippen molar-refractivity contribution < 1.29 is 18.7 Å². The first-order valence-electron chi connectivity index (χ1n) is 10.3. The van der Waals surface area contributed by atoms with Gasteiger partial charge in [-0.1, -0.05) is 66.7 Å². The Morgan fingerprint density at radius 3 is 2.39 bits per heavy atom. The Balaban J connectivity index is 1.27. The van der Waals surface area contributed by atoms with Crippen LogP contribution in [0.3, 0.4) is 0 Å². The maximum absolute atomic E-state index is 13.4. The summed E-state index contributed by atoms with van der Waals surface area (Å²) in [4.78, 5) is 12.2. The molecule has 0 saturated carbocycles. The summed E-state index contributed by atoms with van der Waals surface area (Å²) in [5, 5.41) is 2.78. The van der Waals surface area contributed by atoms with Crippen molar-refractivity contribution in [2.75, 3.05) is 20.3 Å². The van der Waals surface area contributed by atoms with Crippen LogP contribution in [0.15, 0.2) is 72.8 Å². The molecule has 3 aromatic carbocycles. The van der Waals surface area contributed by atoms with E-state index in [0.29, 0.717) is 19.6 Å². The molecular weight excluding hydrogens is 393 g/mol. The van der Waals surface area contributed by atoms with Gasteiger partial charge in [0, 0.05) is 12.5 Å². The second kappa shape index (κ2) is 9.47. The molecule has 0 unspecified atom stereocenters. The molecule has 4 nitrogen and oxygen atoms in total. The fourth-order valence-corrected chi connectivity index (χ4v) is 3.91. The minimum absolute atomic E-state index is 0.0477. The van der Waals surface area contributed by atoms with E-state index in [-0.39, 0.29) is 11.7 Å². The van der Waals surface area contributed by atoms with Gasteiger partial charge in [0.05, 0.1) is 7.11 Å². The van der Waals surface area contributed by atoms with Crippen LogP contribution in [0, 0.1) is 5.82 Å². The monoisotopic (exact) mass is 417 g/mol. The number of ether oxygens (including phenoxy) is 2. The number of amides is 1. The molecule has 5 heteroatoms. The Kier molecular flexibility index (Phi) is 6.32. The van der Waals surface area contributed by atoms with Crippen LogP contribution in [0.5, 0.6) is 5.75 Å². The molecule has 1 N–H and O–H groups in total. The van der Waals surface area contributed by atoms with Gasteiger partial charge in [0.25, 0.3) is 0 Å². The van der Waals surface area contributed by atoms with E-state index in [1.165, 1.54) is 35.4 Å². The quantitative estimate of drug-likeness (QED) is 0.496. The third kappa shape index (κ3) is 4.61. The highest BCUT2D eigenvalue weighted by Crippen LogP contribution is 2.44. The van der Waals surface area contributed by atoms with E-state index < -0.39 is 11.9 Å². The first-order chi connectivity index (χ1) is 15.2. The third-order valence-electron chi connectivity index (χ3n) is 5.41. The molecule has 0 bridgehead atoms. The van der Waals surface area contributed by atoms with Gasteiger partial charge in [-0.2, -0.15) is 0 Å². The van der Waals surface area contributed by atoms with Crippen molar-refractivity contribution in [1.82, 2.24) is 5.32 Å². The minimum atomic E-state index is -0.432. The molecule has 0 spiro atoms. The normalized spacial score (nSPS) is 12.5. The van der Waals surface area contributed by atoms with Crippen molar-refractivity contribution in [3.05, 3.63) is 95.3 Å². The predicted octanol–water partition coefficient (Wildman–Crippen LogP) is 5.78. The molecule has 3 aromatic rings. The van der Waals surface area contributed by atoms with E-state index in [4.69, 9.17) is 9.47 Å². The number of benzene rings is 3. The summed E-state index contributed by atoms with van der Waals surface area (Å²) in [5.74, 6) is -0.137. The van der Waals surface area contributed by atoms with Crippen LogP contribution < -0.4 is 10.1 Å². The standard InChI is InChI=1S/C26H24FNO3/c1-30-25-16-18(13-14-24(25)27)8-6-7-15-28-26(29)31-17-23-21-11-4-2-9-19(21)20-10-3-5-12-22(20)23/h2-6,8-14,16,23H,7,15,17H2,1H3,(H,28,29). The lowest BCUT2D eigenvalue weighted by Crippen LogP contribution is -2.26. The van der Waals surface area contributed by atoms with E-state index in [1.54, 1.807) is 12.1 Å². The van der Waals surface area contributed by atoms with Crippen molar-refractivity contribution in [3.8, 4) is 16.9 Å². The zero-order valence-corrected chi connectivity index (χ0v) is 17.3. The molecule has 1 aliphatic carbocycles. The highest BCUT2D eigenvalue weighted by Gasteiger charge is 2.28. The van der Waals surface area contributed by atoms with Gasteiger partial charge in [-0.25, -0.2) is 9.18 Å². The second-order valence-electron chi connectivity index (χ2n) is 7.34. The molecule has 1 amide bonds. The lowest BCUT2D eigenvalue weighted by Gasteiger charge is -2.14. The minimum Gasteiger partial charge on any atom is -0.494 e. The summed E-state index contributed by atoms with van der Waals surface area (Å²) in [7, 11) is 1.43. The molecular formula is C26H24FNO3. The number of methoxy groups -OCH3 is 1. The van der Waals surface area contributed by atoms with Gasteiger partial charge in [0.15, 0.2) is 11.6 Å². The molecule has 0 fully saturated rings. The maximum Gasteiger partial charge on any atom is 0.407 e. The zero-order valence-electron chi connectivity index (χ0n) is 17.3. The van der Waals surface area contributed by atoms with Crippen LogP contribution in [0.25, 0.3) is 17.2 Å². The summed E-state index contributed by atoms with van der Waals surface area (Å²) in [5.41, 5.74) is 5.62. The third-order valence-corrected chi connectivity index (χ3v) is 5.41. The molecule has 158 valence electrons. The molecule has 0 radical (unpaired) electrons. The Morgan fingerprint density at radius 2 is 1.71 bits per heavy atom. The maximum atomic E-state index is 13.4. The molecule has 0 saturated heterocycles. The number of hydrogen-bond donors (Lipinski definition) is 1. The Hall–Kier alpha value is -3.60. The highest BCUT2D eigenvalue weighted by molar-refractivity contribution is 5.79. The van der Waals surface area contributed by atoms with Crippen molar-refractivity contribution in [1.29, 1.82) is 0 Å².